The number of amides is 2. The number of hydrogen-bond donors (Lipinski definition) is 1. The molecule has 0 unspecified atom stereocenters. The first kappa shape index (κ1) is 19.8. The smallest absolute Gasteiger partial charge is 0.329 e. The van der Waals surface area contributed by atoms with Crippen LogP contribution < -0.4 is 11.0 Å². The van der Waals surface area contributed by atoms with Crippen molar-refractivity contribution in [1.29, 1.82) is 0 Å². The van der Waals surface area contributed by atoms with E-state index in [-0.39, 0.29) is 42.6 Å². The number of aryl methyl sites for hydroxylation is 2. The fourth-order valence-electron chi connectivity index (χ4n) is 2.95. The molecule has 1 N–H and O–H groups in total. The predicted octanol–water partition coefficient (Wildman–Crippen LogP) is 1.59. The molecule has 7 nitrogen and oxygen atoms in total. The number of rotatable bonds is 6. The standard InChI is InChI=1S/C19H28N4O3/c1-6-22-14-9-7-8-10-15(14)23(18(22)26)12-11-17(25)21(5)13-16(24)20-19(2,3)4/h7-10H,6,11-13H2,1-5H3,(H,20,24). The third-order valence-corrected chi connectivity index (χ3v) is 4.11. The second-order valence-corrected chi connectivity index (χ2v) is 7.47. The molecular weight excluding hydrogens is 332 g/mol. The highest BCUT2D eigenvalue weighted by molar-refractivity contribution is 5.85. The third-order valence-electron chi connectivity index (χ3n) is 4.11. The molecule has 0 bridgehead atoms. The Hall–Kier alpha value is -2.57. The van der Waals surface area contributed by atoms with Crippen molar-refractivity contribution in [2.24, 2.45) is 0 Å². The van der Waals surface area contributed by atoms with E-state index in [4.69, 9.17) is 0 Å². The van der Waals surface area contributed by atoms with E-state index in [1.165, 1.54) is 4.90 Å². The molecule has 0 aliphatic carbocycles. The summed E-state index contributed by atoms with van der Waals surface area (Å²) in [6.07, 6.45) is 0.164. The Kier molecular flexibility index (Phi) is 5.90. The molecule has 0 aliphatic heterocycles. The van der Waals surface area contributed by atoms with Gasteiger partial charge in [-0.1, -0.05) is 12.1 Å². The molecule has 1 aromatic heterocycles. The second-order valence-electron chi connectivity index (χ2n) is 7.47. The van der Waals surface area contributed by atoms with Gasteiger partial charge in [0.25, 0.3) is 0 Å². The van der Waals surface area contributed by atoms with Gasteiger partial charge in [-0.3, -0.25) is 18.7 Å². The maximum Gasteiger partial charge on any atom is 0.329 e. The summed E-state index contributed by atoms with van der Waals surface area (Å²) < 4.78 is 3.32. The van der Waals surface area contributed by atoms with E-state index in [2.05, 4.69) is 5.32 Å². The van der Waals surface area contributed by atoms with Crippen LogP contribution in [0.5, 0.6) is 0 Å². The molecule has 2 amide bonds. The van der Waals surface area contributed by atoms with E-state index < -0.39 is 0 Å². The van der Waals surface area contributed by atoms with Crippen molar-refractivity contribution in [2.75, 3.05) is 13.6 Å². The molecule has 1 heterocycles. The molecule has 0 radical (unpaired) electrons. The van der Waals surface area contributed by atoms with Gasteiger partial charge >= 0.3 is 5.69 Å². The third kappa shape index (κ3) is 4.53. The lowest BCUT2D eigenvalue weighted by Gasteiger charge is -2.23. The van der Waals surface area contributed by atoms with Crippen molar-refractivity contribution in [3.8, 4) is 0 Å². The minimum atomic E-state index is -0.337. The molecule has 0 atom stereocenters. The number of likely N-dealkylation sites (N-methyl/N-ethyl adjacent to an activating group) is 1. The Morgan fingerprint density at radius 3 is 2.23 bits per heavy atom. The normalized spacial score (nSPS) is 11.6. The highest BCUT2D eigenvalue weighted by Gasteiger charge is 2.19. The molecule has 7 heteroatoms. The molecule has 2 rings (SSSR count). The molecular formula is C19H28N4O3. The summed E-state index contributed by atoms with van der Waals surface area (Å²) >= 11 is 0. The van der Waals surface area contributed by atoms with Gasteiger partial charge in [-0.05, 0) is 39.8 Å². The van der Waals surface area contributed by atoms with Crippen molar-refractivity contribution in [3.05, 3.63) is 34.7 Å². The summed E-state index contributed by atoms with van der Waals surface area (Å²) in [5.74, 6) is -0.373. The van der Waals surface area contributed by atoms with E-state index in [0.29, 0.717) is 6.54 Å². The van der Waals surface area contributed by atoms with Gasteiger partial charge in [0.1, 0.15) is 0 Å². The second kappa shape index (κ2) is 7.76. The summed E-state index contributed by atoms with van der Waals surface area (Å²) in [6.45, 7) is 8.46. The number of fused-ring (bicyclic) bond motifs is 1. The van der Waals surface area contributed by atoms with E-state index in [9.17, 15) is 14.4 Å². The van der Waals surface area contributed by atoms with Crippen LogP contribution in [0.2, 0.25) is 0 Å². The molecule has 0 aliphatic rings. The van der Waals surface area contributed by atoms with Gasteiger partial charge in [0.2, 0.25) is 11.8 Å². The lowest BCUT2D eigenvalue weighted by atomic mass is 10.1. The van der Waals surface area contributed by atoms with Crippen LogP contribution in [-0.4, -0.2) is 45.0 Å². The minimum absolute atomic E-state index is 0.00171. The van der Waals surface area contributed by atoms with Crippen LogP contribution >= 0.6 is 0 Å². The number of nitrogens with one attached hydrogen (secondary N) is 1. The van der Waals surface area contributed by atoms with Gasteiger partial charge in [-0.15, -0.1) is 0 Å². The van der Waals surface area contributed by atoms with E-state index in [1.54, 1.807) is 16.2 Å². The van der Waals surface area contributed by atoms with Gasteiger partial charge < -0.3 is 10.2 Å². The van der Waals surface area contributed by atoms with Crippen molar-refractivity contribution >= 4 is 22.8 Å². The summed E-state index contributed by atoms with van der Waals surface area (Å²) in [5.41, 5.74) is 1.23. The Morgan fingerprint density at radius 2 is 1.69 bits per heavy atom. The number of benzene rings is 1. The Balaban J connectivity index is 2.06. The highest BCUT2D eigenvalue weighted by atomic mass is 16.2. The SMILES string of the molecule is CCn1c(=O)n(CCC(=O)N(C)CC(=O)NC(C)(C)C)c2ccccc21. The number of imidazole rings is 1. The Labute approximate surface area is 153 Å². The summed E-state index contributed by atoms with van der Waals surface area (Å²) in [5, 5.41) is 2.83. The quantitative estimate of drug-likeness (QED) is 0.850. The lowest BCUT2D eigenvalue weighted by Crippen LogP contribution is -2.46. The zero-order valence-electron chi connectivity index (χ0n) is 16.2. The largest absolute Gasteiger partial charge is 0.350 e. The monoisotopic (exact) mass is 360 g/mol. The average molecular weight is 360 g/mol. The highest BCUT2D eigenvalue weighted by Crippen LogP contribution is 2.13. The van der Waals surface area contributed by atoms with Crippen LogP contribution in [0.1, 0.15) is 34.1 Å². The molecule has 1 aromatic carbocycles. The van der Waals surface area contributed by atoms with Crippen molar-refractivity contribution < 1.29 is 9.59 Å². The maximum atomic E-state index is 12.6. The van der Waals surface area contributed by atoms with E-state index in [1.807, 2.05) is 52.0 Å². The van der Waals surface area contributed by atoms with E-state index >= 15 is 0 Å². The topological polar surface area (TPSA) is 76.3 Å². The van der Waals surface area contributed by atoms with Crippen LogP contribution in [0, 0.1) is 0 Å². The first-order chi connectivity index (χ1) is 12.1. The summed E-state index contributed by atoms with van der Waals surface area (Å²) in [6, 6.07) is 7.56. The van der Waals surface area contributed by atoms with Gasteiger partial charge in [-0.25, -0.2) is 4.79 Å². The number of carbonyl (C=O) groups is 2. The molecule has 26 heavy (non-hydrogen) atoms. The molecule has 142 valence electrons. The van der Waals surface area contributed by atoms with E-state index in [0.717, 1.165) is 11.0 Å². The summed E-state index contributed by atoms with van der Waals surface area (Å²) in [7, 11) is 1.60. The van der Waals surface area contributed by atoms with Crippen LogP contribution in [-0.2, 0) is 22.7 Å². The average Bonchev–Trinajstić information content (AvgIpc) is 2.81. The van der Waals surface area contributed by atoms with Crippen molar-refractivity contribution in [2.45, 2.75) is 52.7 Å². The van der Waals surface area contributed by atoms with Crippen LogP contribution in [0.3, 0.4) is 0 Å². The van der Waals surface area contributed by atoms with Crippen LogP contribution in [0.4, 0.5) is 0 Å². The number of carbonyl (C=O) groups excluding carboxylic acids is 2. The first-order valence-corrected chi connectivity index (χ1v) is 8.87. The van der Waals surface area contributed by atoms with Gasteiger partial charge in [0, 0.05) is 32.1 Å². The van der Waals surface area contributed by atoms with Gasteiger partial charge in [0.15, 0.2) is 0 Å². The number of nitrogens with zero attached hydrogens (tertiary/aromatic N) is 3. The first-order valence-electron chi connectivity index (χ1n) is 8.87. The lowest BCUT2D eigenvalue weighted by molar-refractivity contribution is -0.135. The zero-order valence-corrected chi connectivity index (χ0v) is 16.2. The maximum absolute atomic E-state index is 12.6. The van der Waals surface area contributed by atoms with Gasteiger partial charge in [-0.2, -0.15) is 0 Å². The molecule has 0 saturated carbocycles. The fourth-order valence-corrected chi connectivity index (χ4v) is 2.95. The Bertz CT molecular complexity index is 858. The van der Waals surface area contributed by atoms with Crippen molar-refractivity contribution in [1.82, 2.24) is 19.4 Å². The van der Waals surface area contributed by atoms with Gasteiger partial charge in [0.05, 0.1) is 17.6 Å². The number of hydrogen-bond acceptors (Lipinski definition) is 3. The predicted molar refractivity (Wildman–Crippen MR) is 102 cm³/mol. The van der Waals surface area contributed by atoms with Crippen LogP contribution in [0.25, 0.3) is 11.0 Å². The van der Waals surface area contributed by atoms with Crippen molar-refractivity contribution in [3.63, 3.8) is 0 Å². The summed E-state index contributed by atoms with van der Waals surface area (Å²) in [4.78, 5) is 38.3. The number of para-hydroxylation sites is 2. The number of aromatic nitrogens is 2. The Morgan fingerprint density at radius 1 is 1.12 bits per heavy atom. The van der Waals surface area contributed by atoms with Crippen LogP contribution in [0.15, 0.2) is 29.1 Å². The molecule has 2 aromatic rings. The molecule has 0 fully saturated rings. The molecule has 0 spiro atoms. The minimum Gasteiger partial charge on any atom is -0.350 e. The fraction of sp³-hybridized carbons (Fsp3) is 0.526. The zero-order chi connectivity index (χ0) is 19.5. The molecule has 0 saturated heterocycles.